The van der Waals surface area contributed by atoms with E-state index in [2.05, 4.69) is 5.92 Å². The van der Waals surface area contributed by atoms with Crippen molar-refractivity contribution in [2.45, 2.75) is 25.0 Å². The standard InChI is InChI=1S/C9H10O4S/c1-3-4-7-6(2)9(5-8(7)10)14(11,12)13/h1,9H,4-5H2,2H3,(H,11,12,13). The van der Waals surface area contributed by atoms with E-state index < -0.39 is 15.4 Å². The van der Waals surface area contributed by atoms with Crippen LogP contribution in [0.2, 0.25) is 0 Å². The quantitative estimate of drug-likeness (QED) is 0.538. The summed E-state index contributed by atoms with van der Waals surface area (Å²) in [4.78, 5) is 11.3. The average Bonchev–Trinajstić information content (AvgIpc) is 2.31. The van der Waals surface area contributed by atoms with Crippen molar-refractivity contribution in [2.24, 2.45) is 0 Å². The zero-order valence-corrected chi connectivity index (χ0v) is 8.47. The van der Waals surface area contributed by atoms with E-state index in [4.69, 9.17) is 11.0 Å². The molecule has 0 saturated carbocycles. The molecule has 0 radical (unpaired) electrons. The SMILES string of the molecule is C#CCC1=C(C)C(S(=O)(=O)O)CC1=O. The Hall–Kier alpha value is -1.12. The maximum absolute atomic E-state index is 11.3. The number of ketones is 1. The highest BCUT2D eigenvalue weighted by atomic mass is 32.2. The van der Waals surface area contributed by atoms with Crippen LogP contribution in [-0.2, 0) is 14.9 Å². The molecule has 1 atom stereocenters. The van der Waals surface area contributed by atoms with Crippen LogP contribution in [0.15, 0.2) is 11.1 Å². The summed E-state index contributed by atoms with van der Waals surface area (Å²) in [5, 5.41) is -1.10. The number of allylic oxidation sites excluding steroid dienone is 1. The lowest BCUT2D eigenvalue weighted by Crippen LogP contribution is -2.19. The van der Waals surface area contributed by atoms with E-state index in [0.717, 1.165) is 0 Å². The van der Waals surface area contributed by atoms with Gasteiger partial charge in [-0.1, -0.05) is 0 Å². The van der Waals surface area contributed by atoms with Gasteiger partial charge in [0, 0.05) is 18.4 Å². The zero-order chi connectivity index (χ0) is 10.9. The fraction of sp³-hybridized carbons (Fsp3) is 0.444. The van der Waals surface area contributed by atoms with Crippen molar-refractivity contribution in [3.8, 4) is 12.3 Å². The summed E-state index contributed by atoms with van der Waals surface area (Å²) >= 11 is 0. The maximum Gasteiger partial charge on any atom is 0.272 e. The minimum absolute atomic E-state index is 0.122. The number of carbonyl (C=O) groups excluding carboxylic acids is 1. The van der Waals surface area contributed by atoms with Crippen LogP contribution in [0, 0.1) is 12.3 Å². The molecule has 0 aromatic rings. The lowest BCUT2D eigenvalue weighted by atomic mass is 10.1. The van der Waals surface area contributed by atoms with E-state index in [1.165, 1.54) is 6.92 Å². The van der Waals surface area contributed by atoms with Crippen molar-refractivity contribution in [1.82, 2.24) is 0 Å². The Morgan fingerprint density at radius 1 is 1.64 bits per heavy atom. The van der Waals surface area contributed by atoms with Crippen LogP contribution in [0.4, 0.5) is 0 Å². The monoisotopic (exact) mass is 214 g/mol. The molecule has 0 aromatic carbocycles. The van der Waals surface area contributed by atoms with Crippen LogP contribution >= 0.6 is 0 Å². The second-order valence-corrected chi connectivity index (χ2v) is 4.77. The summed E-state index contributed by atoms with van der Waals surface area (Å²) in [6.45, 7) is 1.51. The van der Waals surface area contributed by atoms with Crippen LogP contribution in [-0.4, -0.2) is 24.0 Å². The molecule has 1 aliphatic rings. The van der Waals surface area contributed by atoms with Crippen molar-refractivity contribution in [3.05, 3.63) is 11.1 Å². The Morgan fingerprint density at radius 3 is 2.57 bits per heavy atom. The molecule has 5 heteroatoms. The maximum atomic E-state index is 11.3. The molecule has 0 aliphatic heterocycles. The van der Waals surface area contributed by atoms with Gasteiger partial charge in [-0.05, 0) is 12.5 Å². The molecule has 4 nitrogen and oxygen atoms in total. The molecule has 0 fully saturated rings. The molecule has 0 spiro atoms. The molecule has 0 amide bonds. The highest BCUT2D eigenvalue weighted by molar-refractivity contribution is 7.86. The molecule has 76 valence electrons. The fourth-order valence-corrected chi connectivity index (χ4v) is 2.48. The molecule has 1 unspecified atom stereocenters. The number of Topliss-reactive ketones (excluding diaryl/α,β-unsaturated/α-hetero) is 1. The Balaban J connectivity index is 3.13. The molecular weight excluding hydrogens is 204 g/mol. The van der Waals surface area contributed by atoms with E-state index in [1.54, 1.807) is 0 Å². The lowest BCUT2D eigenvalue weighted by Gasteiger charge is -2.05. The number of rotatable bonds is 2. The summed E-state index contributed by atoms with van der Waals surface area (Å²) < 4.78 is 30.5. The zero-order valence-electron chi connectivity index (χ0n) is 7.65. The molecule has 0 bridgehead atoms. The number of hydrogen-bond donors (Lipinski definition) is 1. The third-order valence-corrected chi connectivity index (χ3v) is 3.54. The largest absolute Gasteiger partial charge is 0.294 e. The third kappa shape index (κ3) is 1.86. The second-order valence-electron chi connectivity index (χ2n) is 3.17. The normalized spacial score (nSPS) is 22.6. The molecule has 0 heterocycles. The average molecular weight is 214 g/mol. The minimum Gasteiger partial charge on any atom is -0.294 e. The Bertz CT molecular complexity index is 436. The van der Waals surface area contributed by atoms with Gasteiger partial charge in [-0.3, -0.25) is 9.35 Å². The fourth-order valence-electron chi connectivity index (χ4n) is 1.53. The molecule has 1 rings (SSSR count). The minimum atomic E-state index is -4.18. The van der Waals surface area contributed by atoms with Crippen molar-refractivity contribution >= 4 is 15.9 Å². The first-order valence-corrected chi connectivity index (χ1v) is 5.51. The van der Waals surface area contributed by atoms with Crippen LogP contribution in [0.3, 0.4) is 0 Å². The van der Waals surface area contributed by atoms with E-state index in [0.29, 0.717) is 11.1 Å². The summed E-state index contributed by atoms with van der Waals surface area (Å²) in [6.07, 6.45) is 4.97. The molecule has 0 saturated heterocycles. The van der Waals surface area contributed by atoms with Gasteiger partial charge in [0.1, 0.15) is 5.25 Å². The summed E-state index contributed by atoms with van der Waals surface area (Å²) in [5.41, 5.74) is 0.713. The van der Waals surface area contributed by atoms with Crippen molar-refractivity contribution in [2.75, 3.05) is 0 Å². The topological polar surface area (TPSA) is 71.4 Å². The smallest absolute Gasteiger partial charge is 0.272 e. The molecule has 1 N–H and O–H groups in total. The van der Waals surface area contributed by atoms with Crippen LogP contribution in [0.25, 0.3) is 0 Å². The predicted octanol–water partition coefficient (Wildman–Crippen LogP) is 0.555. The van der Waals surface area contributed by atoms with Gasteiger partial charge in [0.15, 0.2) is 5.78 Å². The van der Waals surface area contributed by atoms with Gasteiger partial charge < -0.3 is 0 Å². The summed E-state index contributed by atoms with van der Waals surface area (Å²) in [7, 11) is -4.18. The van der Waals surface area contributed by atoms with Crippen molar-refractivity contribution in [3.63, 3.8) is 0 Å². The van der Waals surface area contributed by atoms with Crippen LogP contribution in [0.5, 0.6) is 0 Å². The van der Waals surface area contributed by atoms with Gasteiger partial charge >= 0.3 is 0 Å². The highest BCUT2D eigenvalue weighted by Gasteiger charge is 2.36. The molecule has 1 aliphatic carbocycles. The second kappa shape index (κ2) is 3.56. The van der Waals surface area contributed by atoms with Crippen molar-refractivity contribution < 1.29 is 17.8 Å². The van der Waals surface area contributed by atoms with Crippen molar-refractivity contribution in [1.29, 1.82) is 0 Å². The van der Waals surface area contributed by atoms with Crippen LogP contribution in [0.1, 0.15) is 19.8 Å². The number of terminal acetylenes is 1. The first-order valence-electron chi connectivity index (χ1n) is 4.00. The summed E-state index contributed by atoms with van der Waals surface area (Å²) in [6, 6.07) is 0. The molecule has 14 heavy (non-hydrogen) atoms. The van der Waals surface area contributed by atoms with Gasteiger partial charge in [0.2, 0.25) is 0 Å². The Kier molecular flexibility index (Phi) is 2.79. The van der Waals surface area contributed by atoms with E-state index in [9.17, 15) is 13.2 Å². The van der Waals surface area contributed by atoms with Gasteiger partial charge in [0.05, 0.1) is 0 Å². The van der Waals surface area contributed by atoms with E-state index in [-0.39, 0.29) is 18.6 Å². The third-order valence-electron chi connectivity index (χ3n) is 2.30. The first kappa shape index (κ1) is 11.0. The lowest BCUT2D eigenvalue weighted by molar-refractivity contribution is -0.114. The predicted molar refractivity (Wildman–Crippen MR) is 51.1 cm³/mol. The van der Waals surface area contributed by atoms with E-state index >= 15 is 0 Å². The molecule has 0 aromatic heterocycles. The van der Waals surface area contributed by atoms with Gasteiger partial charge in [-0.25, -0.2) is 0 Å². The Labute approximate surface area is 82.8 Å². The first-order chi connectivity index (χ1) is 6.38. The Morgan fingerprint density at radius 2 is 2.21 bits per heavy atom. The van der Waals surface area contributed by atoms with Gasteiger partial charge in [0.25, 0.3) is 10.1 Å². The highest BCUT2D eigenvalue weighted by Crippen LogP contribution is 2.29. The number of carbonyl (C=O) groups is 1. The van der Waals surface area contributed by atoms with Gasteiger partial charge in [-0.15, -0.1) is 12.3 Å². The van der Waals surface area contributed by atoms with Gasteiger partial charge in [-0.2, -0.15) is 8.42 Å². The number of hydrogen-bond acceptors (Lipinski definition) is 3. The van der Waals surface area contributed by atoms with E-state index in [1.807, 2.05) is 0 Å². The summed E-state index contributed by atoms with van der Waals surface area (Å²) in [5.74, 6) is 2.00. The van der Waals surface area contributed by atoms with Crippen LogP contribution < -0.4 is 0 Å². The molecular formula is C9H10O4S.